The van der Waals surface area contributed by atoms with Crippen molar-refractivity contribution in [1.82, 2.24) is 4.90 Å². The number of amides is 2. The fraction of sp³-hybridized carbons (Fsp3) is 0.163. The molecule has 482 valence electrons. The minimum Gasteiger partial charge on any atom is -0.497 e. The Hall–Kier alpha value is -11.4. The van der Waals surface area contributed by atoms with E-state index >= 15 is 0 Å². The van der Waals surface area contributed by atoms with Crippen molar-refractivity contribution in [2.45, 2.75) is 90.0 Å². The van der Waals surface area contributed by atoms with Crippen LogP contribution in [0.2, 0.25) is 0 Å². The van der Waals surface area contributed by atoms with Gasteiger partial charge in [-0.25, -0.2) is 0 Å². The normalized spacial score (nSPS) is 11.0. The Morgan fingerprint density at radius 2 is 0.691 bits per heavy atom. The number of hydrogen-bond acceptors (Lipinski definition) is 4. The second-order valence-electron chi connectivity index (χ2n) is 22.5. The highest BCUT2D eigenvalue weighted by Crippen LogP contribution is 2.44. The number of rotatable bonds is 1. The molecule has 0 saturated carbocycles. The van der Waals surface area contributed by atoms with Gasteiger partial charge in [-0.2, -0.15) is 0 Å². The maximum atomic E-state index is 12.7. The van der Waals surface area contributed by atoms with Gasteiger partial charge in [-0.3, -0.25) is 14.5 Å². The van der Waals surface area contributed by atoms with Gasteiger partial charge in [-0.15, -0.1) is 0 Å². The molecule has 1 aliphatic heterocycles. The number of benzene rings is 16. The molecule has 0 radical (unpaired) electrons. The van der Waals surface area contributed by atoms with Crippen molar-refractivity contribution in [2.24, 2.45) is 0 Å². The molecular formula is C92H85NO4. The van der Waals surface area contributed by atoms with Gasteiger partial charge in [0.15, 0.2) is 0 Å². The molecule has 16 aromatic carbocycles. The predicted molar refractivity (Wildman–Crippen MR) is 420 cm³/mol. The third kappa shape index (κ3) is 13.1. The van der Waals surface area contributed by atoms with Crippen LogP contribution in [0.15, 0.2) is 231 Å². The van der Waals surface area contributed by atoms with Gasteiger partial charge in [0.25, 0.3) is 11.8 Å². The van der Waals surface area contributed by atoms with Crippen LogP contribution in [-0.4, -0.2) is 37.7 Å². The number of carbonyl (C=O) groups excluding carboxylic acids is 3. The molecule has 5 heteroatoms. The van der Waals surface area contributed by atoms with Crippen molar-refractivity contribution in [2.75, 3.05) is 14.2 Å². The highest BCUT2D eigenvalue weighted by molar-refractivity contribution is 6.38. The van der Waals surface area contributed by atoms with E-state index in [9.17, 15) is 9.59 Å². The van der Waals surface area contributed by atoms with E-state index in [-0.39, 0.29) is 11.8 Å². The third-order valence-corrected chi connectivity index (χ3v) is 17.4. The Balaban J connectivity index is 0.000000170. The van der Waals surface area contributed by atoms with Gasteiger partial charge < -0.3 is 9.53 Å². The molecule has 17 rings (SSSR count). The fourth-order valence-corrected chi connectivity index (χ4v) is 13.3. The molecule has 0 aromatic heterocycles. The van der Waals surface area contributed by atoms with E-state index in [0.29, 0.717) is 11.1 Å². The summed E-state index contributed by atoms with van der Waals surface area (Å²) in [7, 11) is 3.24. The predicted octanol–water partition coefficient (Wildman–Crippen LogP) is 24.5. The van der Waals surface area contributed by atoms with Gasteiger partial charge in [-0.1, -0.05) is 292 Å². The molecule has 0 bridgehead atoms. The summed E-state index contributed by atoms with van der Waals surface area (Å²) in [5.41, 5.74) is 9.11. The van der Waals surface area contributed by atoms with E-state index in [0.717, 1.165) is 92.6 Å². The summed E-state index contributed by atoms with van der Waals surface area (Å²) in [5.74, 6) is 14.6. The van der Waals surface area contributed by atoms with Crippen LogP contribution in [0, 0.1) is 44.5 Å². The van der Waals surface area contributed by atoms with Gasteiger partial charge in [0, 0.05) is 45.8 Å². The van der Waals surface area contributed by atoms with Crippen LogP contribution in [0.25, 0.3) is 118 Å². The summed E-state index contributed by atoms with van der Waals surface area (Å²) in [5, 5.41) is 26.1. The van der Waals surface area contributed by atoms with E-state index in [2.05, 4.69) is 245 Å². The Morgan fingerprint density at radius 1 is 0.309 bits per heavy atom. The first kappa shape index (κ1) is 70.0. The second kappa shape index (κ2) is 31.7. The molecular weight excluding hydrogens is 1180 g/mol. The number of ether oxygens (including phenoxy) is 1. The molecule has 0 spiro atoms. The van der Waals surface area contributed by atoms with Gasteiger partial charge in [0.05, 0.1) is 7.11 Å². The van der Waals surface area contributed by atoms with Crippen molar-refractivity contribution in [3.8, 4) is 29.4 Å². The van der Waals surface area contributed by atoms with Crippen molar-refractivity contribution in [3.63, 3.8) is 0 Å². The Bertz CT molecular complexity index is 5560. The van der Waals surface area contributed by atoms with Gasteiger partial charge in [-0.05, 0) is 182 Å². The van der Waals surface area contributed by atoms with Crippen LogP contribution in [0.3, 0.4) is 0 Å². The van der Waals surface area contributed by atoms with E-state index in [4.69, 9.17) is 9.53 Å². The first-order valence-electron chi connectivity index (χ1n) is 34.0. The minimum atomic E-state index is -0.233. The number of imide groups is 1. The van der Waals surface area contributed by atoms with Crippen LogP contribution in [-0.2, 0) is 4.79 Å². The zero-order chi connectivity index (χ0) is 69.6. The number of fused-ring (bicyclic) bond motifs is 6. The number of methoxy groups -OCH3 is 1. The molecule has 1 aliphatic rings. The van der Waals surface area contributed by atoms with E-state index in [1.54, 1.807) is 14.2 Å². The molecule has 0 unspecified atom stereocenters. The van der Waals surface area contributed by atoms with E-state index in [1.165, 1.54) is 75.5 Å². The van der Waals surface area contributed by atoms with E-state index in [1.807, 2.05) is 106 Å². The summed E-state index contributed by atoms with van der Waals surface area (Å²) in [4.78, 5) is 34.6. The van der Waals surface area contributed by atoms with Crippen LogP contribution < -0.4 is 4.74 Å². The van der Waals surface area contributed by atoms with Gasteiger partial charge in [0.2, 0.25) is 0 Å². The maximum Gasteiger partial charge on any atom is 0.261 e. The average Bonchev–Trinajstić information content (AvgIpc) is 0.682. The van der Waals surface area contributed by atoms with Crippen molar-refractivity contribution < 1.29 is 19.1 Å². The molecule has 2 amide bonds. The van der Waals surface area contributed by atoms with Crippen LogP contribution >= 0.6 is 0 Å². The zero-order valence-electron chi connectivity index (χ0n) is 58.7. The molecule has 0 fully saturated rings. The monoisotopic (exact) mass is 1270 g/mol. The highest BCUT2D eigenvalue weighted by Gasteiger charge is 2.32. The molecule has 0 N–H and O–H groups in total. The number of aryl methyl sites for hydroxylation is 3. The molecule has 16 aromatic rings. The van der Waals surface area contributed by atoms with Gasteiger partial charge >= 0.3 is 0 Å². The summed E-state index contributed by atoms with van der Waals surface area (Å²) in [6, 6.07) is 80.7. The zero-order valence-corrected chi connectivity index (χ0v) is 58.7. The average molecular weight is 1270 g/mol. The second-order valence-corrected chi connectivity index (χ2v) is 22.5. The number of hydrogen-bond donors (Lipinski definition) is 0. The number of carbonyl (C=O) groups is 3. The third-order valence-electron chi connectivity index (χ3n) is 17.4. The standard InChI is InChI=1S/C41H28O.C23H13NO2.C17H12.5C2H6.CH2O/c1-27-14-19-34-29(8-6-10-31(34)24-27)16-21-38-36-12-4-5-13-37(36)40(41-25-28(2)15-20-39(38)41)22-17-30-9-7-11-32-26-33(42-3)18-23-35(30)32;1-24-22(25)17-10-8-15-13-6-2-4-12-5-3-7-14(19(12)13)16-9-11-18(23(24)26)21(17)20(15)16;1-11-5-6-14-8-7-12-3-2-4-13-9-10-15(11)17(14)16(12)13;6*1-2/h4-15,18-20,23-26H,1-3H3;2-11H,1H3;2-10H,1H3;5*1-2H3;1H2. The lowest BCUT2D eigenvalue weighted by molar-refractivity contribution is -0.0980. The lowest BCUT2D eigenvalue weighted by Gasteiger charge is -2.25. The molecule has 5 nitrogen and oxygen atoms in total. The van der Waals surface area contributed by atoms with E-state index < -0.39 is 0 Å². The van der Waals surface area contributed by atoms with Crippen molar-refractivity contribution in [1.29, 1.82) is 0 Å². The molecule has 0 aliphatic carbocycles. The fourth-order valence-electron chi connectivity index (χ4n) is 13.3. The van der Waals surface area contributed by atoms with Crippen LogP contribution in [0.5, 0.6) is 5.75 Å². The lowest BCUT2D eigenvalue weighted by Crippen LogP contribution is -2.36. The number of nitrogens with zero attached hydrogens (tertiary/aromatic N) is 1. The Labute approximate surface area is 572 Å². The Kier molecular flexibility index (Phi) is 22.9. The Morgan fingerprint density at radius 3 is 1.24 bits per heavy atom. The van der Waals surface area contributed by atoms with Crippen LogP contribution in [0.1, 0.15) is 129 Å². The summed E-state index contributed by atoms with van der Waals surface area (Å²) < 4.78 is 5.44. The topological polar surface area (TPSA) is 63.7 Å². The first-order valence-corrected chi connectivity index (χ1v) is 34.0. The summed E-state index contributed by atoms with van der Waals surface area (Å²) in [6.07, 6.45) is 0. The lowest BCUT2D eigenvalue weighted by atomic mass is 9.85. The van der Waals surface area contributed by atoms with Crippen LogP contribution in [0.4, 0.5) is 0 Å². The first-order chi connectivity index (χ1) is 47.6. The summed E-state index contributed by atoms with van der Waals surface area (Å²) >= 11 is 0. The minimum absolute atomic E-state index is 0.233. The van der Waals surface area contributed by atoms with Gasteiger partial charge in [0.1, 0.15) is 12.5 Å². The smallest absolute Gasteiger partial charge is 0.261 e. The van der Waals surface area contributed by atoms with Crippen molar-refractivity contribution >= 4 is 137 Å². The largest absolute Gasteiger partial charge is 0.497 e. The quantitative estimate of drug-likeness (QED) is 0.0711. The highest BCUT2D eigenvalue weighted by atomic mass is 16.5. The molecule has 97 heavy (non-hydrogen) atoms. The molecule has 0 atom stereocenters. The SMILES string of the molecule is C=O.CC.CC.CC.CC.CC.CN1C(=O)c2ccc3c4cccc5cccc(c6ccc(c2c36)C1=O)c54.COc1ccc2c(C#Cc3c4ccccc4c(C#Cc4cccc5cc(C)ccc45)c4ccc(C)cc34)cccc2c1.Cc1ccc2ccc3cccc4ccc1c2c34. The van der Waals surface area contributed by atoms with Crippen molar-refractivity contribution in [3.05, 3.63) is 281 Å². The maximum absolute atomic E-state index is 12.7. The summed E-state index contributed by atoms with van der Waals surface area (Å²) in [6.45, 7) is 28.4. The molecule has 1 heterocycles. The molecule has 0 saturated heterocycles.